The number of nitrogens with two attached hydrogens (primary N) is 1. The molecule has 3 aromatic rings. The lowest BCUT2D eigenvalue weighted by Gasteiger charge is -2.12. The van der Waals surface area contributed by atoms with Crippen LogP contribution in [0.3, 0.4) is 0 Å². The fourth-order valence-electron chi connectivity index (χ4n) is 2.33. The minimum Gasteiger partial charge on any atom is -0.324 e. The van der Waals surface area contributed by atoms with Crippen LogP contribution in [0.1, 0.15) is 23.7 Å². The molecule has 2 aromatic heterocycles. The first-order chi connectivity index (χ1) is 9.83. The zero-order chi connectivity index (χ0) is 13.8. The third kappa shape index (κ3) is 2.83. The number of fused-ring (bicyclic) bond motifs is 1. The lowest BCUT2D eigenvalue weighted by atomic mass is 10.0. The maximum Gasteiger partial charge on any atom is 0.0705 e. The monoisotopic (exact) mass is 263 g/mol. The molecule has 3 rings (SSSR count). The Balaban J connectivity index is 1.73. The first-order valence-corrected chi connectivity index (χ1v) is 6.83. The van der Waals surface area contributed by atoms with Crippen LogP contribution in [0, 0.1) is 0 Å². The second-order valence-electron chi connectivity index (χ2n) is 4.92. The summed E-state index contributed by atoms with van der Waals surface area (Å²) in [6, 6.07) is 16.3. The molecule has 1 aromatic carbocycles. The van der Waals surface area contributed by atoms with Gasteiger partial charge < -0.3 is 5.73 Å². The van der Waals surface area contributed by atoms with E-state index in [9.17, 15) is 0 Å². The topological polar surface area (TPSA) is 51.8 Å². The number of aromatic nitrogens is 2. The van der Waals surface area contributed by atoms with Crippen molar-refractivity contribution in [2.45, 2.75) is 18.9 Å². The van der Waals surface area contributed by atoms with Crippen molar-refractivity contribution in [2.75, 3.05) is 0 Å². The number of rotatable bonds is 4. The fraction of sp³-hybridized carbons (Fsp3) is 0.176. The van der Waals surface area contributed by atoms with Gasteiger partial charge in [-0.25, -0.2) is 0 Å². The van der Waals surface area contributed by atoms with Gasteiger partial charge in [-0.1, -0.05) is 24.3 Å². The van der Waals surface area contributed by atoms with Crippen molar-refractivity contribution in [3.05, 3.63) is 72.2 Å². The predicted octanol–water partition coefficient (Wildman–Crippen LogP) is 3.26. The Labute approximate surface area is 118 Å². The largest absolute Gasteiger partial charge is 0.324 e. The van der Waals surface area contributed by atoms with Crippen LogP contribution in [0.2, 0.25) is 0 Å². The predicted molar refractivity (Wildman–Crippen MR) is 81.2 cm³/mol. The van der Waals surface area contributed by atoms with Crippen molar-refractivity contribution in [3.63, 3.8) is 0 Å². The number of nitrogens with zero attached hydrogens (tertiary/aromatic N) is 2. The van der Waals surface area contributed by atoms with E-state index in [4.69, 9.17) is 5.73 Å². The van der Waals surface area contributed by atoms with Crippen molar-refractivity contribution in [2.24, 2.45) is 5.73 Å². The molecule has 2 heterocycles. The lowest BCUT2D eigenvalue weighted by molar-refractivity contribution is 0.644. The number of pyridine rings is 2. The normalized spacial score (nSPS) is 12.4. The van der Waals surface area contributed by atoms with Gasteiger partial charge in [0.2, 0.25) is 0 Å². The highest BCUT2D eigenvalue weighted by Crippen LogP contribution is 2.20. The van der Waals surface area contributed by atoms with E-state index < -0.39 is 0 Å². The Hall–Kier alpha value is -2.26. The number of hydrogen-bond acceptors (Lipinski definition) is 3. The fourth-order valence-corrected chi connectivity index (χ4v) is 2.33. The van der Waals surface area contributed by atoms with Crippen LogP contribution in [0.4, 0.5) is 0 Å². The summed E-state index contributed by atoms with van der Waals surface area (Å²) in [6.07, 6.45) is 5.41. The van der Waals surface area contributed by atoms with Crippen LogP contribution in [-0.4, -0.2) is 9.97 Å². The second kappa shape index (κ2) is 5.80. The average Bonchev–Trinajstić information content (AvgIpc) is 2.53. The third-order valence-electron chi connectivity index (χ3n) is 3.50. The van der Waals surface area contributed by atoms with Crippen molar-refractivity contribution in [1.29, 1.82) is 0 Å². The Bertz CT molecular complexity index is 695. The summed E-state index contributed by atoms with van der Waals surface area (Å²) >= 11 is 0. The maximum atomic E-state index is 6.28. The Morgan fingerprint density at radius 3 is 2.70 bits per heavy atom. The van der Waals surface area contributed by atoms with Crippen LogP contribution in [0.5, 0.6) is 0 Å². The van der Waals surface area contributed by atoms with Crippen molar-refractivity contribution >= 4 is 10.9 Å². The summed E-state index contributed by atoms with van der Waals surface area (Å²) in [5.74, 6) is 0. The van der Waals surface area contributed by atoms with Crippen LogP contribution in [0.25, 0.3) is 10.9 Å². The number of hydrogen-bond donors (Lipinski definition) is 1. The highest BCUT2D eigenvalue weighted by molar-refractivity contribution is 5.78. The Morgan fingerprint density at radius 2 is 1.85 bits per heavy atom. The van der Waals surface area contributed by atoms with E-state index in [1.54, 1.807) is 0 Å². The highest BCUT2D eigenvalue weighted by atomic mass is 14.7. The minimum absolute atomic E-state index is 0.0170. The molecule has 100 valence electrons. The average molecular weight is 263 g/mol. The van der Waals surface area contributed by atoms with E-state index in [0.29, 0.717) is 0 Å². The second-order valence-corrected chi connectivity index (χ2v) is 4.92. The van der Waals surface area contributed by atoms with Gasteiger partial charge in [0.1, 0.15) is 0 Å². The summed E-state index contributed by atoms with van der Waals surface area (Å²) in [6.45, 7) is 0. The van der Waals surface area contributed by atoms with Gasteiger partial charge in [0.25, 0.3) is 0 Å². The van der Waals surface area contributed by atoms with Gasteiger partial charge in [0, 0.05) is 29.5 Å². The SMILES string of the molecule is NC(CCc1ccccn1)c1ccc2cccnc2c1. The van der Waals surface area contributed by atoms with Crippen LogP contribution in [0.15, 0.2) is 60.9 Å². The van der Waals surface area contributed by atoms with Gasteiger partial charge in [-0.05, 0) is 42.7 Å². The Morgan fingerprint density at radius 1 is 0.950 bits per heavy atom. The number of aryl methyl sites for hydroxylation is 1. The smallest absolute Gasteiger partial charge is 0.0705 e. The molecular weight excluding hydrogens is 246 g/mol. The molecule has 0 aliphatic carbocycles. The van der Waals surface area contributed by atoms with Crippen LogP contribution >= 0.6 is 0 Å². The lowest BCUT2D eigenvalue weighted by Crippen LogP contribution is -2.11. The standard InChI is InChI=1S/C17H17N3/c18-16(9-8-15-5-1-2-10-19-15)14-7-6-13-4-3-11-20-17(13)12-14/h1-7,10-12,16H,8-9,18H2. The molecule has 0 spiro atoms. The third-order valence-corrected chi connectivity index (χ3v) is 3.50. The summed E-state index contributed by atoms with van der Waals surface area (Å²) in [7, 11) is 0. The first kappa shape index (κ1) is 12.8. The molecule has 1 unspecified atom stereocenters. The van der Waals surface area contributed by atoms with E-state index >= 15 is 0 Å². The molecule has 0 saturated heterocycles. The molecule has 3 nitrogen and oxygen atoms in total. The van der Waals surface area contributed by atoms with Gasteiger partial charge >= 0.3 is 0 Å². The zero-order valence-corrected chi connectivity index (χ0v) is 11.2. The van der Waals surface area contributed by atoms with E-state index in [-0.39, 0.29) is 6.04 Å². The quantitative estimate of drug-likeness (QED) is 0.786. The Kier molecular flexibility index (Phi) is 3.70. The molecule has 0 saturated carbocycles. The highest BCUT2D eigenvalue weighted by Gasteiger charge is 2.07. The van der Waals surface area contributed by atoms with E-state index in [2.05, 4.69) is 34.2 Å². The maximum absolute atomic E-state index is 6.28. The minimum atomic E-state index is 0.0170. The summed E-state index contributed by atoms with van der Waals surface area (Å²) < 4.78 is 0. The summed E-state index contributed by atoms with van der Waals surface area (Å²) in [5.41, 5.74) is 9.49. The van der Waals surface area contributed by atoms with Gasteiger partial charge in [0.05, 0.1) is 5.52 Å². The molecular formula is C17H17N3. The molecule has 0 fully saturated rings. The van der Waals surface area contributed by atoms with Crippen molar-refractivity contribution in [1.82, 2.24) is 9.97 Å². The molecule has 0 aliphatic rings. The van der Waals surface area contributed by atoms with Gasteiger partial charge in [0.15, 0.2) is 0 Å². The van der Waals surface area contributed by atoms with E-state index in [1.807, 2.05) is 36.7 Å². The number of benzene rings is 1. The first-order valence-electron chi connectivity index (χ1n) is 6.83. The zero-order valence-electron chi connectivity index (χ0n) is 11.2. The molecule has 2 N–H and O–H groups in total. The van der Waals surface area contributed by atoms with Gasteiger partial charge in [-0.15, -0.1) is 0 Å². The van der Waals surface area contributed by atoms with Crippen LogP contribution < -0.4 is 5.73 Å². The molecule has 1 atom stereocenters. The molecule has 0 amide bonds. The van der Waals surface area contributed by atoms with E-state index in [1.165, 1.54) is 0 Å². The molecule has 0 radical (unpaired) electrons. The molecule has 0 bridgehead atoms. The van der Waals surface area contributed by atoms with Crippen molar-refractivity contribution < 1.29 is 0 Å². The van der Waals surface area contributed by atoms with Crippen LogP contribution in [-0.2, 0) is 6.42 Å². The van der Waals surface area contributed by atoms with Gasteiger partial charge in [-0.3, -0.25) is 9.97 Å². The van der Waals surface area contributed by atoms with Crippen molar-refractivity contribution in [3.8, 4) is 0 Å². The molecule has 20 heavy (non-hydrogen) atoms. The summed E-state index contributed by atoms with van der Waals surface area (Å²) in [4.78, 5) is 8.70. The molecule has 0 aliphatic heterocycles. The summed E-state index contributed by atoms with van der Waals surface area (Å²) in [5, 5.41) is 1.15. The molecule has 3 heteroatoms. The van der Waals surface area contributed by atoms with Gasteiger partial charge in [-0.2, -0.15) is 0 Å². The van der Waals surface area contributed by atoms with E-state index in [0.717, 1.165) is 35.0 Å².